The van der Waals surface area contributed by atoms with Crippen LogP contribution in [0.4, 0.5) is 4.39 Å². The van der Waals surface area contributed by atoms with Crippen molar-refractivity contribution in [2.75, 3.05) is 13.1 Å². The Kier molecular flexibility index (Phi) is 4.25. The molecule has 2 heterocycles. The second-order valence-corrected chi connectivity index (χ2v) is 7.58. The van der Waals surface area contributed by atoms with Gasteiger partial charge in [0.05, 0.1) is 5.92 Å². The van der Waals surface area contributed by atoms with Crippen LogP contribution in [0.25, 0.3) is 5.69 Å². The molecular weight excluding hydrogens is 349 g/mol. The molecule has 2 aromatic rings. The zero-order valence-electron chi connectivity index (χ0n) is 15.4. The molecule has 1 aliphatic carbocycles. The molecule has 6 nitrogen and oxygen atoms in total. The Hall–Kier alpha value is -2.70. The van der Waals surface area contributed by atoms with Gasteiger partial charge in [0.15, 0.2) is 5.69 Å². The maximum atomic E-state index is 14.5. The van der Waals surface area contributed by atoms with Gasteiger partial charge in [-0.1, -0.05) is 19.1 Å². The summed E-state index contributed by atoms with van der Waals surface area (Å²) in [5.41, 5.74) is 3.23. The Morgan fingerprint density at radius 2 is 2.04 bits per heavy atom. The third kappa shape index (κ3) is 2.81. The van der Waals surface area contributed by atoms with Crippen LogP contribution in [0.5, 0.6) is 0 Å². The number of carbonyl (C=O) groups is 2. The number of benzene rings is 1. The predicted octanol–water partition coefficient (Wildman–Crippen LogP) is 2.60. The van der Waals surface area contributed by atoms with Gasteiger partial charge in [-0.15, -0.1) is 0 Å². The molecule has 0 saturated carbocycles. The van der Waals surface area contributed by atoms with Crippen LogP contribution in [-0.4, -0.2) is 44.8 Å². The molecule has 2 aliphatic rings. The zero-order valence-corrected chi connectivity index (χ0v) is 15.4. The smallest absolute Gasteiger partial charge is 0.308 e. The summed E-state index contributed by atoms with van der Waals surface area (Å²) in [4.78, 5) is 26.0. The zero-order chi connectivity index (χ0) is 19.3. The minimum absolute atomic E-state index is 0.101. The maximum absolute atomic E-state index is 14.5. The Labute approximate surface area is 156 Å². The van der Waals surface area contributed by atoms with Crippen molar-refractivity contribution in [1.82, 2.24) is 14.7 Å². The Bertz CT molecular complexity index is 917. The normalized spacial score (nSPS) is 21.5. The number of carboxylic acids is 1. The number of rotatable bonds is 3. The Balaban J connectivity index is 1.73. The lowest BCUT2D eigenvalue weighted by Gasteiger charge is -2.15. The van der Waals surface area contributed by atoms with Gasteiger partial charge in [0.1, 0.15) is 11.5 Å². The van der Waals surface area contributed by atoms with Crippen LogP contribution in [0.3, 0.4) is 0 Å². The summed E-state index contributed by atoms with van der Waals surface area (Å²) in [5, 5.41) is 13.8. The number of aromatic nitrogens is 2. The fourth-order valence-corrected chi connectivity index (χ4v) is 4.29. The third-order valence-corrected chi connectivity index (χ3v) is 5.75. The highest BCUT2D eigenvalue weighted by atomic mass is 19.1. The average molecular weight is 371 g/mol. The van der Waals surface area contributed by atoms with Crippen molar-refractivity contribution >= 4 is 11.9 Å². The second kappa shape index (κ2) is 6.48. The Morgan fingerprint density at radius 3 is 2.70 bits per heavy atom. The van der Waals surface area contributed by atoms with Crippen LogP contribution in [-0.2, 0) is 17.6 Å². The first-order valence-corrected chi connectivity index (χ1v) is 9.26. The van der Waals surface area contributed by atoms with Gasteiger partial charge in [0, 0.05) is 24.3 Å². The van der Waals surface area contributed by atoms with Crippen LogP contribution in [0.2, 0.25) is 0 Å². The molecule has 4 rings (SSSR count). The summed E-state index contributed by atoms with van der Waals surface area (Å²) in [5.74, 6) is -2.16. The molecule has 1 amide bonds. The third-order valence-electron chi connectivity index (χ3n) is 5.75. The van der Waals surface area contributed by atoms with Crippen molar-refractivity contribution < 1.29 is 19.1 Å². The molecule has 1 saturated heterocycles. The fraction of sp³-hybridized carbons (Fsp3) is 0.450. The number of fused-ring (bicyclic) bond motifs is 1. The monoisotopic (exact) mass is 371 g/mol. The second-order valence-electron chi connectivity index (χ2n) is 7.58. The SMILES string of the molecule is Cc1cccc(F)c1-n1nc(C(=O)N2C[C@@H](C)[C@H](C(=O)O)C2)c2c1CCC2. The van der Waals surface area contributed by atoms with Crippen molar-refractivity contribution in [3.05, 3.63) is 46.5 Å². The van der Waals surface area contributed by atoms with E-state index in [-0.39, 0.29) is 24.2 Å². The first-order valence-electron chi connectivity index (χ1n) is 9.26. The minimum Gasteiger partial charge on any atom is -0.481 e. The van der Waals surface area contributed by atoms with Crippen LogP contribution in [0.1, 0.15) is 40.7 Å². The van der Waals surface area contributed by atoms with Crippen molar-refractivity contribution in [2.24, 2.45) is 11.8 Å². The molecule has 7 heteroatoms. The number of hydrogen-bond donors (Lipinski definition) is 1. The molecule has 0 radical (unpaired) electrons. The molecule has 2 atom stereocenters. The quantitative estimate of drug-likeness (QED) is 0.900. The summed E-state index contributed by atoms with van der Waals surface area (Å²) in [6.07, 6.45) is 2.38. The van der Waals surface area contributed by atoms with E-state index in [0.717, 1.165) is 36.1 Å². The number of carbonyl (C=O) groups excluding carboxylic acids is 1. The van der Waals surface area contributed by atoms with E-state index in [1.165, 1.54) is 6.07 Å². The average Bonchev–Trinajstić information content (AvgIpc) is 3.30. The molecule has 0 spiro atoms. The number of amides is 1. The van der Waals surface area contributed by atoms with Gasteiger partial charge in [-0.2, -0.15) is 5.10 Å². The van der Waals surface area contributed by atoms with Crippen LogP contribution in [0, 0.1) is 24.6 Å². The predicted molar refractivity (Wildman–Crippen MR) is 96.5 cm³/mol. The first kappa shape index (κ1) is 17.7. The van der Waals surface area contributed by atoms with Crippen molar-refractivity contribution in [3.63, 3.8) is 0 Å². The van der Waals surface area contributed by atoms with Gasteiger partial charge >= 0.3 is 5.97 Å². The summed E-state index contributed by atoms with van der Waals surface area (Å²) in [6, 6.07) is 4.87. The largest absolute Gasteiger partial charge is 0.481 e. The standard InChI is InChI=1S/C20H22FN3O3/c1-11-5-3-7-15(21)18(11)24-16-8-4-6-13(16)17(22-24)19(25)23-9-12(2)14(10-23)20(26)27/h3,5,7,12,14H,4,6,8-10H2,1-2H3,(H,26,27)/t12-,14-/m1/s1. The number of aliphatic carboxylic acids is 1. The molecule has 1 aromatic carbocycles. The minimum atomic E-state index is -0.879. The van der Waals surface area contributed by atoms with Crippen molar-refractivity contribution in [3.8, 4) is 5.69 Å². The van der Waals surface area contributed by atoms with E-state index in [9.17, 15) is 19.1 Å². The van der Waals surface area contributed by atoms with E-state index < -0.39 is 11.9 Å². The molecule has 1 aromatic heterocycles. The van der Waals surface area contributed by atoms with Crippen LogP contribution in [0.15, 0.2) is 18.2 Å². The highest BCUT2D eigenvalue weighted by Crippen LogP contribution is 2.32. The number of likely N-dealkylation sites (tertiary alicyclic amines) is 1. The van der Waals surface area contributed by atoms with Crippen molar-refractivity contribution in [2.45, 2.75) is 33.1 Å². The highest BCUT2D eigenvalue weighted by molar-refractivity contribution is 5.95. The van der Waals surface area contributed by atoms with E-state index in [1.807, 2.05) is 19.9 Å². The molecule has 1 aliphatic heterocycles. The highest BCUT2D eigenvalue weighted by Gasteiger charge is 2.39. The van der Waals surface area contributed by atoms with Gasteiger partial charge < -0.3 is 10.0 Å². The number of aryl methyl sites for hydroxylation is 1. The first-order chi connectivity index (χ1) is 12.9. The van der Waals surface area contributed by atoms with E-state index in [2.05, 4.69) is 5.10 Å². The summed E-state index contributed by atoms with van der Waals surface area (Å²) < 4.78 is 16.1. The van der Waals surface area contributed by atoms with E-state index >= 15 is 0 Å². The van der Waals surface area contributed by atoms with Gasteiger partial charge in [0.2, 0.25) is 0 Å². The molecule has 1 fully saturated rings. The number of halogens is 1. The van der Waals surface area contributed by atoms with E-state index in [4.69, 9.17) is 0 Å². The van der Waals surface area contributed by atoms with Crippen LogP contribution >= 0.6 is 0 Å². The van der Waals surface area contributed by atoms with Crippen LogP contribution < -0.4 is 0 Å². The summed E-state index contributed by atoms with van der Waals surface area (Å²) in [7, 11) is 0. The lowest BCUT2D eigenvalue weighted by molar-refractivity contribution is -0.142. The Morgan fingerprint density at radius 1 is 1.26 bits per heavy atom. The molecule has 142 valence electrons. The summed E-state index contributed by atoms with van der Waals surface area (Å²) in [6.45, 7) is 4.26. The molecule has 0 unspecified atom stereocenters. The number of hydrogen-bond acceptors (Lipinski definition) is 3. The molecule has 0 bridgehead atoms. The van der Waals surface area contributed by atoms with E-state index in [1.54, 1.807) is 15.6 Å². The lowest BCUT2D eigenvalue weighted by atomic mass is 9.99. The van der Waals surface area contributed by atoms with Gasteiger partial charge in [-0.05, 0) is 43.7 Å². The van der Waals surface area contributed by atoms with Gasteiger partial charge in [-0.25, -0.2) is 9.07 Å². The number of nitrogens with zero attached hydrogens (tertiary/aromatic N) is 3. The lowest BCUT2D eigenvalue weighted by Crippen LogP contribution is -2.31. The molecular formula is C20H22FN3O3. The van der Waals surface area contributed by atoms with E-state index in [0.29, 0.717) is 17.9 Å². The van der Waals surface area contributed by atoms with Gasteiger partial charge in [-0.3, -0.25) is 9.59 Å². The molecule has 27 heavy (non-hydrogen) atoms. The molecule has 1 N–H and O–H groups in total. The fourth-order valence-electron chi connectivity index (χ4n) is 4.29. The summed E-state index contributed by atoms with van der Waals surface area (Å²) >= 11 is 0. The number of para-hydroxylation sites is 1. The van der Waals surface area contributed by atoms with Crippen molar-refractivity contribution in [1.29, 1.82) is 0 Å². The number of carboxylic acid groups (broad SMARTS) is 1. The topological polar surface area (TPSA) is 75.4 Å². The maximum Gasteiger partial charge on any atom is 0.308 e. The van der Waals surface area contributed by atoms with Gasteiger partial charge in [0.25, 0.3) is 5.91 Å².